The van der Waals surface area contributed by atoms with Gasteiger partial charge in [0.05, 0.1) is 10.8 Å². The Morgan fingerprint density at radius 3 is 2.24 bits per heavy atom. The van der Waals surface area contributed by atoms with Gasteiger partial charge in [0.25, 0.3) is 5.91 Å². The highest BCUT2D eigenvalue weighted by molar-refractivity contribution is 7.89. The Morgan fingerprint density at radius 2 is 1.64 bits per heavy atom. The van der Waals surface area contributed by atoms with Gasteiger partial charge in [-0.25, -0.2) is 8.42 Å². The average molecular weight is 366 g/mol. The Balaban J connectivity index is 1.73. The van der Waals surface area contributed by atoms with Crippen LogP contribution in [0, 0.1) is 5.92 Å². The molecule has 1 N–H and O–H groups in total. The molecule has 7 nitrogen and oxygen atoms in total. The molecule has 0 spiro atoms. The highest BCUT2D eigenvalue weighted by atomic mass is 32.2. The third kappa shape index (κ3) is 3.69. The predicted octanol–water partition coefficient (Wildman–Crippen LogP) is 1.41. The van der Waals surface area contributed by atoms with Crippen molar-refractivity contribution in [2.75, 3.05) is 26.2 Å². The molecule has 3 rings (SSSR count). The lowest BCUT2D eigenvalue weighted by molar-refractivity contribution is -0.143. The number of carbonyl (C=O) groups excluding carboxylic acids is 1. The maximum absolute atomic E-state index is 12.6. The molecule has 1 atom stereocenters. The van der Waals surface area contributed by atoms with E-state index in [1.54, 1.807) is 0 Å². The highest BCUT2D eigenvalue weighted by Gasteiger charge is 2.30. The minimum atomic E-state index is -3.50. The van der Waals surface area contributed by atoms with Gasteiger partial charge >= 0.3 is 5.97 Å². The first kappa shape index (κ1) is 17.9. The second-order valence-corrected chi connectivity index (χ2v) is 8.50. The van der Waals surface area contributed by atoms with E-state index in [1.807, 2.05) is 0 Å². The van der Waals surface area contributed by atoms with Crippen molar-refractivity contribution in [3.05, 3.63) is 29.8 Å². The van der Waals surface area contributed by atoms with Gasteiger partial charge in [-0.3, -0.25) is 9.59 Å². The van der Waals surface area contributed by atoms with Gasteiger partial charge in [0.1, 0.15) is 0 Å². The number of hydrogen-bond donors (Lipinski definition) is 1. The number of carboxylic acids is 1. The molecule has 25 heavy (non-hydrogen) atoms. The van der Waals surface area contributed by atoms with Crippen molar-refractivity contribution in [1.82, 2.24) is 9.21 Å². The van der Waals surface area contributed by atoms with Crippen LogP contribution in [0.2, 0.25) is 0 Å². The number of hydrogen-bond acceptors (Lipinski definition) is 4. The molecule has 1 amide bonds. The molecule has 0 radical (unpaired) electrons. The van der Waals surface area contributed by atoms with E-state index >= 15 is 0 Å². The molecule has 0 aromatic heterocycles. The average Bonchev–Trinajstić information content (AvgIpc) is 3.17. The van der Waals surface area contributed by atoms with Crippen molar-refractivity contribution in [3.63, 3.8) is 0 Å². The summed E-state index contributed by atoms with van der Waals surface area (Å²) in [5.41, 5.74) is 0.381. The number of benzene rings is 1. The van der Waals surface area contributed by atoms with Crippen molar-refractivity contribution < 1.29 is 23.1 Å². The second-order valence-electron chi connectivity index (χ2n) is 6.56. The largest absolute Gasteiger partial charge is 0.481 e. The molecular weight excluding hydrogens is 344 g/mol. The molecule has 0 saturated carbocycles. The molecule has 2 aliphatic rings. The van der Waals surface area contributed by atoms with Crippen LogP contribution < -0.4 is 0 Å². The standard InChI is InChI=1S/C17H22N2O5S/c20-16(18-9-3-4-14(12-18)17(21)22)13-5-7-15(8-6-13)25(23,24)19-10-1-2-11-19/h5-8,14H,1-4,9-12H2,(H,21,22). The first-order valence-electron chi connectivity index (χ1n) is 8.52. The molecule has 2 saturated heterocycles. The van der Waals surface area contributed by atoms with Crippen LogP contribution in [0.15, 0.2) is 29.2 Å². The molecule has 2 fully saturated rings. The topological polar surface area (TPSA) is 95.0 Å². The fourth-order valence-corrected chi connectivity index (χ4v) is 4.91. The molecule has 136 valence electrons. The number of carbonyl (C=O) groups is 2. The Labute approximate surface area is 147 Å². The summed E-state index contributed by atoms with van der Waals surface area (Å²) in [6.45, 7) is 1.79. The zero-order valence-electron chi connectivity index (χ0n) is 13.9. The van der Waals surface area contributed by atoms with E-state index in [2.05, 4.69) is 0 Å². The molecule has 2 aliphatic heterocycles. The summed E-state index contributed by atoms with van der Waals surface area (Å²) in [5.74, 6) is -1.67. The lowest BCUT2D eigenvalue weighted by Crippen LogP contribution is -2.42. The van der Waals surface area contributed by atoms with E-state index in [0.29, 0.717) is 38.0 Å². The molecule has 8 heteroatoms. The van der Waals surface area contributed by atoms with Crippen molar-refractivity contribution in [2.45, 2.75) is 30.6 Å². The third-order valence-corrected chi connectivity index (χ3v) is 6.77. The Bertz CT molecular complexity index is 754. The minimum absolute atomic E-state index is 0.188. The molecular formula is C17H22N2O5S. The predicted molar refractivity (Wildman–Crippen MR) is 90.7 cm³/mol. The van der Waals surface area contributed by atoms with Crippen LogP contribution in [0.25, 0.3) is 0 Å². The Morgan fingerprint density at radius 1 is 1.00 bits per heavy atom. The maximum atomic E-state index is 12.6. The number of rotatable bonds is 4. The van der Waals surface area contributed by atoms with Crippen LogP contribution in [-0.2, 0) is 14.8 Å². The van der Waals surface area contributed by atoms with E-state index in [1.165, 1.54) is 33.5 Å². The maximum Gasteiger partial charge on any atom is 0.308 e. The normalized spacial score (nSPS) is 22.1. The molecule has 0 bridgehead atoms. The first-order valence-corrected chi connectivity index (χ1v) is 9.96. The number of nitrogens with zero attached hydrogens (tertiary/aromatic N) is 2. The van der Waals surface area contributed by atoms with Crippen LogP contribution >= 0.6 is 0 Å². The van der Waals surface area contributed by atoms with Crippen LogP contribution in [0.1, 0.15) is 36.0 Å². The lowest BCUT2D eigenvalue weighted by atomic mass is 9.97. The quantitative estimate of drug-likeness (QED) is 0.869. The number of aliphatic carboxylic acids is 1. The molecule has 1 unspecified atom stereocenters. The molecule has 2 heterocycles. The van der Waals surface area contributed by atoms with Gasteiger partial charge in [-0.15, -0.1) is 0 Å². The fraction of sp³-hybridized carbons (Fsp3) is 0.529. The first-order chi connectivity index (χ1) is 11.9. The van der Waals surface area contributed by atoms with Crippen LogP contribution in [0.4, 0.5) is 0 Å². The van der Waals surface area contributed by atoms with Gasteiger partial charge in [0.2, 0.25) is 10.0 Å². The van der Waals surface area contributed by atoms with Crippen LogP contribution in [0.3, 0.4) is 0 Å². The van der Waals surface area contributed by atoms with Gasteiger partial charge in [-0.1, -0.05) is 0 Å². The van der Waals surface area contributed by atoms with E-state index in [4.69, 9.17) is 5.11 Å². The summed E-state index contributed by atoms with van der Waals surface area (Å²) < 4.78 is 26.5. The fourth-order valence-electron chi connectivity index (χ4n) is 3.39. The van der Waals surface area contributed by atoms with Crippen molar-refractivity contribution in [3.8, 4) is 0 Å². The van der Waals surface area contributed by atoms with Gasteiger partial charge in [0.15, 0.2) is 0 Å². The van der Waals surface area contributed by atoms with Crippen molar-refractivity contribution in [1.29, 1.82) is 0 Å². The number of amides is 1. The summed E-state index contributed by atoms with van der Waals surface area (Å²) in [6, 6.07) is 5.93. The summed E-state index contributed by atoms with van der Waals surface area (Å²) in [5, 5.41) is 9.13. The van der Waals surface area contributed by atoms with E-state index in [-0.39, 0.29) is 17.3 Å². The van der Waals surface area contributed by atoms with Gasteiger partial charge in [-0.2, -0.15) is 4.31 Å². The zero-order chi connectivity index (χ0) is 18.0. The SMILES string of the molecule is O=C(O)C1CCCN(C(=O)c2ccc(S(=O)(=O)N3CCCC3)cc2)C1. The van der Waals surface area contributed by atoms with Crippen molar-refractivity contribution >= 4 is 21.9 Å². The summed E-state index contributed by atoms with van der Waals surface area (Å²) in [6.07, 6.45) is 2.97. The summed E-state index contributed by atoms with van der Waals surface area (Å²) in [4.78, 5) is 25.4. The second kappa shape index (κ2) is 7.13. The molecule has 0 aliphatic carbocycles. The van der Waals surface area contributed by atoms with E-state index in [9.17, 15) is 18.0 Å². The zero-order valence-corrected chi connectivity index (χ0v) is 14.7. The van der Waals surface area contributed by atoms with Gasteiger partial charge in [0, 0.05) is 31.7 Å². The molecule has 1 aromatic carbocycles. The van der Waals surface area contributed by atoms with Crippen LogP contribution in [-0.4, -0.2) is 60.8 Å². The van der Waals surface area contributed by atoms with E-state index in [0.717, 1.165) is 12.8 Å². The molecule has 1 aromatic rings. The summed E-state index contributed by atoms with van der Waals surface area (Å²) in [7, 11) is -3.50. The Kier molecular flexibility index (Phi) is 5.10. The lowest BCUT2D eigenvalue weighted by Gasteiger charge is -2.30. The van der Waals surface area contributed by atoms with E-state index < -0.39 is 21.9 Å². The number of likely N-dealkylation sites (tertiary alicyclic amines) is 1. The number of piperidine rings is 1. The number of sulfonamides is 1. The Hall–Kier alpha value is -1.93. The number of carboxylic acid groups (broad SMARTS) is 1. The smallest absolute Gasteiger partial charge is 0.308 e. The minimum Gasteiger partial charge on any atom is -0.481 e. The van der Waals surface area contributed by atoms with Gasteiger partial charge < -0.3 is 10.0 Å². The summed E-state index contributed by atoms with van der Waals surface area (Å²) >= 11 is 0. The van der Waals surface area contributed by atoms with Gasteiger partial charge in [-0.05, 0) is 49.9 Å². The van der Waals surface area contributed by atoms with Crippen LogP contribution in [0.5, 0.6) is 0 Å². The highest BCUT2D eigenvalue weighted by Crippen LogP contribution is 2.23. The van der Waals surface area contributed by atoms with Crippen molar-refractivity contribution in [2.24, 2.45) is 5.92 Å². The third-order valence-electron chi connectivity index (χ3n) is 4.86. The monoisotopic (exact) mass is 366 g/mol.